The van der Waals surface area contributed by atoms with E-state index >= 15 is 0 Å². The number of hydrogen-bond acceptors (Lipinski definition) is 18. The van der Waals surface area contributed by atoms with Gasteiger partial charge < -0.3 is 89.9 Å². The Labute approximate surface area is 613 Å². The molecule has 0 bridgehead atoms. The zero-order chi connectivity index (χ0) is 73.9. The molecule has 1 amide bonds. The second-order valence-electron chi connectivity index (χ2n) is 27.4. The maximum atomic E-state index is 13.5. The normalized spacial score (nSPS) is 26.9. The smallest absolute Gasteiger partial charge is 0.220 e. The first kappa shape index (κ1) is 92.1. The number of ether oxygens (including phenoxy) is 6. The Hall–Kier alpha value is -4.07. The fourth-order valence-corrected chi connectivity index (χ4v) is 12.4. The molecule has 19 nitrogen and oxygen atoms in total. The maximum Gasteiger partial charge on any atom is 0.220 e. The summed E-state index contributed by atoms with van der Waals surface area (Å²) >= 11 is 0. The summed E-state index contributed by atoms with van der Waals surface area (Å²) in [5.74, 6) is -0.296. The van der Waals surface area contributed by atoms with Crippen molar-refractivity contribution in [1.82, 2.24) is 5.32 Å². The lowest BCUT2D eigenvalue weighted by Crippen LogP contribution is -2.66. The third-order valence-electron chi connectivity index (χ3n) is 18.7. The van der Waals surface area contributed by atoms with Crippen LogP contribution in [0.1, 0.15) is 251 Å². The fourth-order valence-electron chi connectivity index (χ4n) is 12.4. The second kappa shape index (κ2) is 62.0. The number of amides is 1. The zero-order valence-electron chi connectivity index (χ0n) is 62.3. The quantitative estimate of drug-likeness (QED) is 0.0199. The van der Waals surface area contributed by atoms with E-state index < -0.39 is 124 Å². The van der Waals surface area contributed by atoms with Crippen LogP contribution in [0.4, 0.5) is 0 Å². The summed E-state index contributed by atoms with van der Waals surface area (Å²) in [5, 5.41) is 121. The van der Waals surface area contributed by atoms with Crippen LogP contribution in [-0.2, 0) is 33.2 Å². The summed E-state index contributed by atoms with van der Waals surface area (Å²) in [6.07, 6.45) is 61.4. The van der Waals surface area contributed by atoms with Gasteiger partial charge in [-0.3, -0.25) is 4.79 Å². The molecule has 0 aromatic rings. The first-order valence-electron chi connectivity index (χ1n) is 39.4. The van der Waals surface area contributed by atoms with Gasteiger partial charge in [-0.2, -0.15) is 0 Å². The molecule has 17 atom stereocenters. The Morgan fingerprint density at radius 1 is 0.363 bits per heavy atom. The molecular formula is C83H139NO18. The lowest BCUT2D eigenvalue weighted by Gasteiger charge is -2.48. The van der Waals surface area contributed by atoms with E-state index in [9.17, 15) is 61.0 Å². The van der Waals surface area contributed by atoms with E-state index in [-0.39, 0.29) is 18.9 Å². The Kier molecular flexibility index (Phi) is 56.0. The summed E-state index contributed by atoms with van der Waals surface area (Å²) in [4.78, 5) is 13.5. The topological polar surface area (TPSA) is 307 Å². The molecule has 0 aromatic heterocycles. The number of nitrogens with one attached hydrogen (secondary N) is 1. The van der Waals surface area contributed by atoms with E-state index in [2.05, 4.69) is 141 Å². The summed E-state index contributed by atoms with van der Waals surface area (Å²) in [7, 11) is 0. The summed E-state index contributed by atoms with van der Waals surface area (Å²) < 4.78 is 34.4. The molecule has 3 aliphatic rings. The van der Waals surface area contributed by atoms with Gasteiger partial charge in [-0.25, -0.2) is 0 Å². The number of unbranched alkanes of at least 4 members (excludes halogenated alkanes) is 24. The van der Waals surface area contributed by atoms with Crippen molar-refractivity contribution in [2.45, 2.75) is 356 Å². The van der Waals surface area contributed by atoms with Crippen LogP contribution < -0.4 is 5.32 Å². The molecule has 17 unspecified atom stereocenters. The first-order chi connectivity index (χ1) is 49.8. The summed E-state index contributed by atoms with van der Waals surface area (Å²) in [6.45, 7) is 1.59. The van der Waals surface area contributed by atoms with E-state index in [4.69, 9.17) is 28.4 Å². The van der Waals surface area contributed by atoms with Crippen molar-refractivity contribution in [1.29, 1.82) is 0 Å². The van der Waals surface area contributed by atoms with Crippen molar-refractivity contribution in [3.05, 3.63) is 134 Å². The molecule has 3 rings (SSSR count). The van der Waals surface area contributed by atoms with E-state index in [1.807, 2.05) is 6.08 Å². The second-order valence-corrected chi connectivity index (χ2v) is 27.4. The highest BCUT2D eigenvalue weighted by atomic mass is 16.8. The number of aliphatic hydroxyl groups excluding tert-OH is 11. The third-order valence-corrected chi connectivity index (χ3v) is 18.7. The minimum Gasteiger partial charge on any atom is -0.394 e. The maximum absolute atomic E-state index is 13.5. The predicted octanol–water partition coefficient (Wildman–Crippen LogP) is 12.9. The van der Waals surface area contributed by atoms with Gasteiger partial charge in [0.05, 0.1) is 38.6 Å². The molecule has 0 radical (unpaired) electrons. The highest BCUT2D eigenvalue weighted by molar-refractivity contribution is 5.76. The van der Waals surface area contributed by atoms with Crippen molar-refractivity contribution >= 4 is 5.91 Å². The molecule has 3 saturated heterocycles. The molecule has 102 heavy (non-hydrogen) atoms. The number of rotatable bonds is 60. The van der Waals surface area contributed by atoms with Crippen LogP contribution >= 0.6 is 0 Å². The average Bonchev–Trinajstić information content (AvgIpc) is 0.778. The van der Waals surface area contributed by atoms with E-state index in [1.54, 1.807) is 6.08 Å². The monoisotopic (exact) mass is 1440 g/mol. The molecule has 12 N–H and O–H groups in total. The fraction of sp³-hybridized carbons (Fsp3) is 0.723. The Morgan fingerprint density at radius 3 is 1.10 bits per heavy atom. The number of carbonyl (C=O) groups excluding carboxylic acids is 1. The van der Waals surface area contributed by atoms with Gasteiger partial charge in [0.15, 0.2) is 18.9 Å². The molecule has 19 heteroatoms. The van der Waals surface area contributed by atoms with Crippen LogP contribution in [0.2, 0.25) is 0 Å². The SMILES string of the molecule is CC/C=C\C/C=C\C/C=C\C/C=C\C/C=C\C/C=C\C/C=C\C/C=C\CCCCCCCCCCCCCCC(=O)NC(COC1OC(CO)C(OC2OC(CO)C(OC3OC(CO)C(O)C(O)C3O)C(O)C2O)C(O)C1O)C(O)/C=C/CC/C=C/CC/C=C/CCCCCCCCCCCC. The molecular weight excluding hydrogens is 1300 g/mol. The van der Waals surface area contributed by atoms with Gasteiger partial charge in [0.1, 0.15) is 73.2 Å². The Morgan fingerprint density at radius 2 is 0.686 bits per heavy atom. The van der Waals surface area contributed by atoms with Crippen LogP contribution in [0.25, 0.3) is 0 Å². The van der Waals surface area contributed by atoms with Crippen molar-refractivity contribution < 1.29 is 89.4 Å². The molecule has 584 valence electrons. The molecule has 0 aliphatic carbocycles. The van der Waals surface area contributed by atoms with Gasteiger partial charge in [-0.05, 0) is 109 Å². The molecule has 3 fully saturated rings. The summed E-state index contributed by atoms with van der Waals surface area (Å²) in [6, 6.07) is -1.01. The van der Waals surface area contributed by atoms with Crippen LogP contribution in [0.3, 0.4) is 0 Å². The van der Waals surface area contributed by atoms with Gasteiger partial charge in [-0.1, -0.05) is 270 Å². The molecule has 3 aliphatic heterocycles. The molecule has 3 heterocycles. The van der Waals surface area contributed by atoms with Crippen LogP contribution in [0, 0.1) is 0 Å². The standard InChI is InChI=1S/C83H139NO18/c1-3-5-7-9-11-13-15-17-19-21-23-25-26-27-28-29-30-31-32-33-34-35-36-37-38-39-40-41-43-45-47-49-51-53-55-57-59-61-71(89)84-66(67(88)60-58-56-54-52-50-48-46-44-42-24-22-20-18-16-14-12-10-8-6-4-2)65-97-81-77(95)74(92)79(69(63-86)99-81)102-83-78(96)75(93)80(70(64-87)100-83)101-82-76(94)73(91)72(90)68(62-85)98-82/h5,7,11,13,17,19,23,25,27-28,30-31,33-34,36-37,42,44,50,52,58,60,66-70,72-83,85-88,90-96H,3-4,6,8-10,12,14-16,18,20-22,24,26,29,32,35,38-41,43,45-49,51,53-57,59,61-65H2,1-2H3,(H,84,89)/b7-5-,13-11-,19-17-,25-23-,28-27-,31-30-,34-33-,37-36-,44-42+,52-50+,60-58+. The lowest BCUT2D eigenvalue weighted by molar-refractivity contribution is -0.379. The van der Waals surface area contributed by atoms with Crippen LogP contribution in [-0.4, -0.2) is 193 Å². The van der Waals surface area contributed by atoms with Crippen LogP contribution in [0.15, 0.2) is 134 Å². The largest absolute Gasteiger partial charge is 0.394 e. The van der Waals surface area contributed by atoms with Crippen molar-refractivity contribution in [3.8, 4) is 0 Å². The predicted molar refractivity (Wildman–Crippen MR) is 406 cm³/mol. The highest BCUT2D eigenvalue weighted by Crippen LogP contribution is 2.33. The van der Waals surface area contributed by atoms with E-state index in [1.165, 1.54) is 109 Å². The molecule has 0 aromatic carbocycles. The summed E-state index contributed by atoms with van der Waals surface area (Å²) in [5.41, 5.74) is 0. The minimum atomic E-state index is -1.99. The first-order valence-corrected chi connectivity index (χ1v) is 39.4. The van der Waals surface area contributed by atoms with Crippen molar-refractivity contribution in [3.63, 3.8) is 0 Å². The Balaban J connectivity index is 1.37. The number of hydrogen-bond donors (Lipinski definition) is 12. The van der Waals surface area contributed by atoms with Gasteiger partial charge in [0.2, 0.25) is 5.91 Å². The van der Waals surface area contributed by atoms with Gasteiger partial charge in [-0.15, -0.1) is 0 Å². The van der Waals surface area contributed by atoms with E-state index in [0.717, 1.165) is 109 Å². The van der Waals surface area contributed by atoms with Gasteiger partial charge in [0, 0.05) is 6.42 Å². The zero-order valence-corrected chi connectivity index (χ0v) is 62.3. The third kappa shape index (κ3) is 41.7. The minimum absolute atomic E-state index is 0.221. The van der Waals surface area contributed by atoms with Gasteiger partial charge in [0.25, 0.3) is 0 Å². The van der Waals surface area contributed by atoms with Crippen molar-refractivity contribution in [2.75, 3.05) is 26.4 Å². The Bertz CT molecular complexity index is 2370. The molecule has 0 saturated carbocycles. The lowest BCUT2D eigenvalue weighted by atomic mass is 9.96. The number of aliphatic hydroxyl groups is 11. The highest BCUT2D eigenvalue weighted by Gasteiger charge is 2.53. The number of allylic oxidation sites excluding steroid dienone is 21. The average molecular weight is 1440 g/mol. The molecule has 0 spiro atoms. The van der Waals surface area contributed by atoms with E-state index in [0.29, 0.717) is 12.8 Å². The van der Waals surface area contributed by atoms with Gasteiger partial charge >= 0.3 is 0 Å². The number of carbonyl (C=O) groups is 1. The van der Waals surface area contributed by atoms with Crippen molar-refractivity contribution in [2.24, 2.45) is 0 Å². The van der Waals surface area contributed by atoms with Crippen LogP contribution in [0.5, 0.6) is 0 Å².